The minimum Gasteiger partial charge on any atom is -0.291 e. The van der Waals surface area contributed by atoms with Crippen LogP contribution < -0.4 is 0 Å². The maximum absolute atomic E-state index is 5.30. The Hall–Kier alpha value is -3.95. The number of hydrogen-bond donors (Lipinski definition) is 0. The summed E-state index contributed by atoms with van der Waals surface area (Å²) in [6.07, 6.45) is 0. The van der Waals surface area contributed by atoms with Crippen LogP contribution in [0.2, 0.25) is 0 Å². The van der Waals surface area contributed by atoms with E-state index in [9.17, 15) is 0 Å². The summed E-state index contributed by atoms with van der Waals surface area (Å²) in [7, 11) is 0. The van der Waals surface area contributed by atoms with Crippen LogP contribution in [-0.2, 0) is 5.41 Å². The lowest BCUT2D eigenvalue weighted by Gasteiger charge is -2.22. The van der Waals surface area contributed by atoms with Gasteiger partial charge in [-0.1, -0.05) is 75.4 Å². The quantitative estimate of drug-likeness (QED) is 0.229. The summed E-state index contributed by atoms with van der Waals surface area (Å²) in [4.78, 5) is 5.30. The molecule has 0 aliphatic rings. The third-order valence-electron chi connectivity index (χ3n) is 7.64. The molecule has 0 saturated heterocycles. The van der Waals surface area contributed by atoms with Crippen LogP contribution in [0.3, 0.4) is 0 Å². The summed E-state index contributed by atoms with van der Waals surface area (Å²) >= 11 is 1.88. The van der Waals surface area contributed by atoms with Crippen molar-refractivity contribution in [3.63, 3.8) is 0 Å². The number of rotatable bonds is 1. The smallest absolute Gasteiger partial charge is 0.145 e. The molecule has 0 aliphatic carbocycles. The summed E-state index contributed by atoms with van der Waals surface area (Å²) in [5.41, 5.74) is 5.98. The first-order valence-corrected chi connectivity index (χ1v) is 13.3. The largest absolute Gasteiger partial charge is 0.291 e. The fraction of sp³-hybridized carbons (Fsp3) is 0.121. The van der Waals surface area contributed by atoms with Crippen molar-refractivity contribution in [2.24, 2.45) is 0 Å². The average molecular weight is 481 g/mol. The van der Waals surface area contributed by atoms with Gasteiger partial charge in [-0.3, -0.25) is 4.40 Å². The summed E-state index contributed by atoms with van der Waals surface area (Å²) in [5.74, 6) is 1.01. The predicted octanol–water partition coefficient (Wildman–Crippen LogP) is 9.56. The summed E-state index contributed by atoms with van der Waals surface area (Å²) in [6.45, 7) is 6.90. The molecule has 0 bridgehead atoms. The molecule has 0 unspecified atom stereocenters. The molecular weight excluding hydrogens is 456 g/mol. The molecule has 0 saturated carbocycles. The zero-order valence-electron chi connectivity index (χ0n) is 20.5. The second-order valence-electron chi connectivity index (χ2n) is 10.9. The third kappa shape index (κ3) is 2.58. The Bertz CT molecular complexity index is 2140. The van der Waals surface area contributed by atoms with Gasteiger partial charge in [0.25, 0.3) is 0 Å². The maximum atomic E-state index is 5.30. The van der Waals surface area contributed by atoms with E-state index in [2.05, 4.69) is 116 Å². The van der Waals surface area contributed by atoms with Crippen LogP contribution in [0, 0.1) is 0 Å². The van der Waals surface area contributed by atoms with Crippen molar-refractivity contribution < 1.29 is 0 Å². The van der Waals surface area contributed by atoms with Crippen LogP contribution in [0.15, 0.2) is 91.0 Å². The molecule has 172 valence electrons. The first-order valence-electron chi connectivity index (χ1n) is 12.5. The predicted molar refractivity (Wildman–Crippen MR) is 156 cm³/mol. The Morgan fingerprint density at radius 2 is 1.42 bits per heavy atom. The number of hydrogen-bond acceptors (Lipinski definition) is 2. The molecule has 8 rings (SSSR count). The lowest BCUT2D eigenvalue weighted by molar-refractivity contribution is 0.596. The van der Waals surface area contributed by atoms with E-state index in [-0.39, 0.29) is 5.41 Å². The normalized spacial score (nSPS) is 12.9. The zero-order valence-corrected chi connectivity index (χ0v) is 21.3. The molecule has 3 heterocycles. The number of nitrogens with zero attached hydrogens (tertiary/aromatic N) is 2. The van der Waals surface area contributed by atoms with E-state index in [0.717, 1.165) is 16.9 Å². The highest BCUT2D eigenvalue weighted by Gasteiger charge is 2.23. The van der Waals surface area contributed by atoms with Gasteiger partial charge in [-0.2, -0.15) is 0 Å². The topological polar surface area (TPSA) is 17.3 Å². The summed E-state index contributed by atoms with van der Waals surface area (Å²) in [6, 6.07) is 33.4. The lowest BCUT2D eigenvalue weighted by Crippen LogP contribution is -2.12. The fourth-order valence-electron chi connectivity index (χ4n) is 6.09. The molecule has 0 fully saturated rings. The van der Waals surface area contributed by atoms with Crippen LogP contribution in [0.25, 0.3) is 69.7 Å². The van der Waals surface area contributed by atoms with Crippen LogP contribution in [0.1, 0.15) is 26.3 Å². The number of aromatic nitrogens is 2. The standard InChI is InChI=1S/C33H24N2S/c1-33(2,3)24-18-20(17-19-9-4-5-10-21(19)24)32-34-25-13-6-12-23-22-11-7-15-27-29(22)30-26(35(32)31(23)25)14-8-16-28(30)36-27/h4-18H,1-3H3. The highest BCUT2D eigenvalue weighted by Crippen LogP contribution is 2.44. The molecule has 36 heavy (non-hydrogen) atoms. The summed E-state index contributed by atoms with van der Waals surface area (Å²) < 4.78 is 5.09. The zero-order chi connectivity index (χ0) is 24.2. The van der Waals surface area contributed by atoms with Crippen molar-refractivity contribution in [1.82, 2.24) is 9.38 Å². The van der Waals surface area contributed by atoms with Crippen LogP contribution >= 0.6 is 11.3 Å². The van der Waals surface area contributed by atoms with Gasteiger partial charge in [0.1, 0.15) is 5.82 Å². The Labute approximate surface area is 212 Å². The van der Waals surface area contributed by atoms with Gasteiger partial charge < -0.3 is 0 Å². The number of benzene rings is 5. The third-order valence-corrected chi connectivity index (χ3v) is 8.76. The number of fused-ring (bicyclic) bond motifs is 3. The first-order chi connectivity index (χ1) is 17.5. The SMILES string of the molecule is CC(C)(C)c1cc(-c2nc3cccc4c5cccc6sc7cccc(c7c65)n2c34)cc2ccccc12. The molecule has 0 aliphatic heterocycles. The van der Waals surface area contributed by atoms with Crippen molar-refractivity contribution >= 4 is 69.6 Å². The van der Waals surface area contributed by atoms with Crippen molar-refractivity contribution in [2.75, 3.05) is 0 Å². The molecule has 3 aromatic heterocycles. The average Bonchev–Trinajstić information content (AvgIpc) is 3.42. The summed E-state index contributed by atoms with van der Waals surface area (Å²) in [5, 5.41) is 7.83. The minimum absolute atomic E-state index is 0.0152. The molecule has 3 heteroatoms. The molecule has 2 nitrogen and oxygen atoms in total. The Balaban J connectivity index is 1.64. The number of thiophene rings is 1. The van der Waals surface area contributed by atoms with E-state index in [1.165, 1.54) is 58.3 Å². The second-order valence-corrected chi connectivity index (χ2v) is 12.0. The van der Waals surface area contributed by atoms with Crippen LogP contribution in [-0.4, -0.2) is 9.38 Å². The molecule has 0 radical (unpaired) electrons. The second kappa shape index (κ2) is 6.83. The molecule has 8 aromatic rings. The first kappa shape index (κ1) is 20.3. The van der Waals surface area contributed by atoms with E-state index in [1.807, 2.05) is 11.3 Å². The van der Waals surface area contributed by atoms with Gasteiger partial charge >= 0.3 is 0 Å². The van der Waals surface area contributed by atoms with Crippen LogP contribution in [0.5, 0.6) is 0 Å². The molecular formula is C33H24N2S. The minimum atomic E-state index is 0.0152. The van der Waals surface area contributed by atoms with Crippen molar-refractivity contribution in [1.29, 1.82) is 0 Å². The van der Waals surface area contributed by atoms with Crippen LogP contribution in [0.4, 0.5) is 0 Å². The Morgan fingerprint density at radius 1 is 0.694 bits per heavy atom. The van der Waals surface area contributed by atoms with Gasteiger partial charge in [0, 0.05) is 31.1 Å². The highest BCUT2D eigenvalue weighted by atomic mass is 32.1. The van der Waals surface area contributed by atoms with E-state index in [4.69, 9.17) is 4.98 Å². The van der Waals surface area contributed by atoms with E-state index in [0.29, 0.717) is 0 Å². The highest BCUT2D eigenvalue weighted by molar-refractivity contribution is 7.26. The molecule has 0 amide bonds. The van der Waals surface area contributed by atoms with E-state index >= 15 is 0 Å². The molecule has 0 atom stereocenters. The van der Waals surface area contributed by atoms with Gasteiger partial charge in [0.15, 0.2) is 0 Å². The number of para-hydroxylation sites is 1. The fourth-order valence-corrected chi connectivity index (χ4v) is 7.24. The molecule has 0 N–H and O–H groups in total. The molecule has 0 spiro atoms. The Morgan fingerprint density at radius 3 is 2.28 bits per heavy atom. The van der Waals surface area contributed by atoms with Gasteiger partial charge in [-0.15, -0.1) is 11.3 Å². The van der Waals surface area contributed by atoms with Gasteiger partial charge in [-0.05, 0) is 63.5 Å². The lowest BCUT2D eigenvalue weighted by atomic mass is 9.82. The van der Waals surface area contributed by atoms with Gasteiger partial charge in [0.05, 0.1) is 16.6 Å². The van der Waals surface area contributed by atoms with E-state index < -0.39 is 0 Å². The van der Waals surface area contributed by atoms with E-state index in [1.54, 1.807) is 0 Å². The molecule has 5 aromatic carbocycles. The number of imidazole rings is 1. The van der Waals surface area contributed by atoms with Crippen molar-refractivity contribution in [2.45, 2.75) is 26.2 Å². The maximum Gasteiger partial charge on any atom is 0.145 e. The monoisotopic (exact) mass is 480 g/mol. The van der Waals surface area contributed by atoms with Crippen molar-refractivity contribution in [3.8, 4) is 11.4 Å². The Kier molecular flexibility index (Phi) is 3.85. The van der Waals surface area contributed by atoms with Crippen molar-refractivity contribution in [3.05, 3.63) is 96.6 Å². The van der Waals surface area contributed by atoms with Gasteiger partial charge in [0.2, 0.25) is 0 Å². The van der Waals surface area contributed by atoms with Gasteiger partial charge in [-0.25, -0.2) is 4.98 Å².